The van der Waals surface area contributed by atoms with E-state index in [2.05, 4.69) is 34.3 Å². The van der Waals surface area contributed by atoms with Crippen LogP contribution in [0.25, 0.3) is 0 Å². The first-order chi connectivity index (χ1) is 13.0. The van der Waals surface area contributed by atoms with Crippen LogP contribution in [0.5, 0.6) is 11.5 Å². The topological polar surface area (TPSA) is 102 Å². The number of aromatic nitrogens is 3. The molecule has 1 aromatic carbocycles. The van der Waals surface area contributed by atoms with Gasteiger partial charge in [0.05, 0.1) is 13.2 Å². The van der Waals surface area contributed by atoms with Gasteiger partial charge in [0.1, 0.15) is 18.2 Å². The average molecular weight is 373 g/mol. The van der Waals surface area contributed by atoms with Crippen LogP contribution in [0.1, 0.15) is 31.3 Å². The van der Waals surface area contributed by atoms with Gasteiger partial charge in [-0.1, -0.05) is 19.9 Å². The third kappa shape index (κ3) is 3.55. The molecule has 2 amide bonds. The largest absolute Gasteiger partial charge is 0.454 e. The van der Waals surface area contributed by atoms with E-state index in [1.807, 2.05) is 18.2 Å². The summed E-state index contributed by atoms with van der Waals surface area (Å²) in [6.07, 6.45) is 1.43. The van der Waals surface area contributed by atoms with Gasteiger partial charge in [-0.25, -0.2) is 9.78 Å². The Balaban J connectivity index is 1.43. The molecule has 144 valence electrons. The number of ether oxygens (including phenoxy) is 3. The van der Waals surface area contributed by atoms with E-state index >= 15 is 0 Å². The lowest BCUT2D eigenvalue weighted by Crippen LogP contribution is -2.50. The van der Waals surface area contributed by atoms with E-state index in [0.29, 0.717) is 32.1 Å². The SMILES string of the molecule is CC(C)(CNC(=O)N1CCOCC1c1ncn[nH]1)c1ccc2c(c1)OCO2. The minimum Gasteiger partial charge on any atom is -0.454 e. The predicted octanol–water partition coefficient (Wildman–Crippen LogP) is 1.59. The fourth-order valence-electron chi connectivity index (χ4n) is 3.27. The summed E-state index contributed by atoms with van der Waals surface area (Å²) in [7, 11) is 0. The highest BCUT2D eigenvalue weighted by molar-refractivity contribution is 5.75. The molecule has 2 aliphatic heterocycles. The van der Waals surface area contributed by atoms with Gasteiger partial charge >= 0.3 is 6.03 Å². The molecule has 0 aliphatic carbocycles. The van der Waals surface area contributed by atoms with E-state index in [-0.39, 0.29) is 24.3 Å². The van der Waals surface area contributed by atoms with E-state index in [1.54, 1.807) is 4.90 Å². The number of hydrogen-bond donors (Lipinski definition) is 2. The number of hydrogen-bond acceptors (Lipinski definition) is 6. The minimum absolute atomic E-state index is 0.145. The molecule has 1 atom stereocenters. The highest BCUT2D eigenvalue weighted by atomic mass is 16.7. The smallest absolute Gasteiger partial charge is 0.318 e. The highest BCUT2D eigenvalue weighted by Gasteiger charge is 2.32. The van der Waals surface area contributed by atoms with E-state index in [0.717, 1.165) is 17.1 Å². The van der Waals surface area contributed by atoms with Crippen LogP contribution in [0.4, 0.5) is 4.79 Å². The number of carbonyl (C=O) groups excluding carboxylic acids is 1. The molecule has 1 saturated heterocycles. The Morgan fingerprint density at radius 2 is 2.22 bits per heavy atom. The standard InChI is InChI=1S/C18H23N5O4/c1-18(2,12-3-4-14-15(7-12)27-11-26-14)9-19-17(24)23-5-6-25-8-13(23)16-20-10-21-22-16/h3-4,7,10,13H,5-6,8-9,11H2,1-2H3,(H,19,24)(H,20,21,22). The number of fused-ring (bicyclic) bond motifs is 1. The van der Waals surface area contributed by atoms with Crippen molar-refractivity contribution in [3.63, 3.8) is 0 Å². The molecule has 0 bridgehead atoms. The van der Waals surface area contributed by atoms with Crippen molar-refractivity contribution in [1.82, 2.24) is 25.4 Å². The zero-order valence-corrected chi connectivity index (χ0v) is 15.4. The molecule has 0 spiro atoms. The normalized spacial score (nSPS) is 19.2. The number of H-pyrrole nitrogens is 1. The number of amides is 2. The van der Waals surface area contributed by atoms with Gasteiger partial charge < -0.3 is 24.4 Å². The quantitative estimate of drug-likeness (QED) is 0.844. The lowest BCUT2D eigenvalue weighted by Gasteiger charge is -2.35. The van der Waals surface area contributed by atoms with Crippen LogP contribution in [-0.4, -0.2) is 59.2 Å². The summed E-state index contributed by atoms with van der Waals surface area (Å²) in [5.41, 5.74) is 0.797. The molecule has 9 nitrogen and oxygen atoms in total. The van der Waals surface area contributed by atoms with Crippen molar-refractivity contribution >= 4 is 6.03 Å². The fraction of sp³-hybridized carbons (Fsp3) is 0.500. The summed E-state index contributed by atoms with van der Waals surface area (Å²) in [6.45, 7) is 6.29. The number of carbonyl (C=O) groups is 1. The van der Waals surface area contributed by atoms with Crippen molar-refractivity contribution in [1.29, 1.82) is 0 Å². The number of morpholine rings is 1. The lowest BCUT2D eigenvalue weighted by atomic mass is 9.84. The maximum absolute atomic E-state index is 12.8. The molecular formula is C18H23N5O4. The zero-order valence-electron chi connectivity index (χ0n) is 15.4. The number of benzene rings is 1. The van der Waals surface area contributed by atoms with Crippen molar-refractivity contribution in [2.24, 2.45) is 0 Å². The van der Waals surface area contributed by atoms with Crippen LogP contribution >= 0.6 is 0 Å². The molecule has 0 saturated carbocycles. The Kier molecular flexibility index (Phi) is 4.61. The summed E-state index contributed by atoms with van der Waals surface area (Å²) in [4.78, 5) is 18.7. The molecule has 1 unspecified atom stereocenters. The van der Waals surface area contributed by atoms with Gasteiger partial charge in [-0.05, 0) is 17.7 Å². The molecule has 3 heterocycles. The molecule has 9 heteroatoms. The van der Waals surface area contributed by atoms with Crippen LogP contribution in [-0.2, 0) is 10.2 Å². The fourth-order valence-corrected chi connectivity index (χ4v) is 3.27. The van der Waals surface area contributed by atoms with Crippen LogP contribution in [0.2, 0.25) is 0 Å². The van der Waals surface area contributed by atoms with E-state index in [4.69, 9.17) is 14.2 Å². The molecule has 1 fully saturated rings. The second-order valence-corrected chi connectivity index (χ2v) is 7.27. The first kappa shape index (κ1) is 17.6. The first-order valence-electron chi connectivity index (χ1n) is 8.92. The average Bonchev–Trinajstić information content (AvgIpc) is 3.37. The molecular weight excluding hydrogens is 350 g/mol. The third-order valence-electron chi connectivity index (χ3n) is 4.97. The number of rotatable bonds is 4. The van der Waals surface area contributed by atoms with Gasteiger partial charge in [-0.2, -0.15) is 5.10 Å². The molecule has 0 radical (unpaired) electrons. The molecule has 27 heavy (non-hydrogen) atoms. The lowest BCUT2D eigenvalue weighted by molar-refractivity contribution is 0.00853. The Bertz CT molecular complexity index is 808. The number of urea groups is 1. The van der Waals surface area contributed by atoms with Gasteiger partial charge in [-0.15, -0.1) is 0 Å². The summed E-state index contributed by atoms with van der Waals surface area (Å²) < 4.78 is 16.3. The first-order valence-corrected chi connectivity index (χ1v) is 8.92. The van der Waals surface area contributed by atoms with Crippen molar-refractivity contribution in [2.45, 2.75) is 25.3 Å². The van der Waals surface area contributed by atoms with Crippen molar-refractivity contribution < 1.29 is 19.0 Å². The number of nitrogens with zero attached hydrogens (tertiary/aromatic N) is 3. The molecule has 4 rings (SSSR count). The van der Waals surface area contributed by atoms with E-state index in [9.17, 15) is 4.79 Å². The maximum atomic E-state index is 12.8. The van der Waals surface area contributed by atoms with Crippen molar-refractivity contribution in [3.8, 4) is 11.5 Å². The van der Waals surface area contributed by atoms with Crippen LogP contribution < -0.4 is 14.8 Å². The summed E-state index contributed by atoms with van der Waals surface area (Å²) in [6, 6.07) is 5.47. The third-order valence-corrected chi connectivity index (χ3v) is 4.97. The van der Waals surface area contributed by atoms with E-state index in [1.165, 1.54) is 6.33 Å². The Morgan fingerprint density at radius 3 is 3.04 bits per heavy atom. The summed E-state index contributed by atoms with van der Waals surface area (Å²) >= 11 is 0. The van der Waals surface area contributed by atoms with Crippen LogP contribution in [0.3, 0.4) is 0 Å². The van der Waals surface area contributed by atoms with Crippen LogP contribution in [0, 0.1) is 0 Å². The van der Waals surface area contributed by atoms with Gasteiger partial charge in [0.15, 0.2) is 11.5 Å². The minimum atomic E-state index is -0.273. The Morgan fingerprint density at radius 1 is 1.37 bits per heavy atom. The van der Waals surface area contributed by atoms with Gasteiger partial charge in [0, 0.05) is 18.5 Å². The Hall–Kier alpha value is -2.81. The van der Waals surface area contributed by atoms with Crippen molar-refractivity contribution in [2.75, 3.05) is 33.1 Å². The van der Waals surface area contributed by atoms with E-state index < -0.39 is 0 Å². The summed E-state index contributed by atoms with van der Waals surface area (Å²) in [5.74, 6) is 2.12. The zero-order chi connectivity index (χ0) is 18.9. The van der Waals surface area contributed by atoms with Gasteiger partial charge in [-0.3, -0.25) is 5.10 Å². The number of aromatic amines is 1. The van der Waals surface area contributed by atoms with Crippen LogP contribution in [0.15, 0.2) is 24.5 Å². The van der Waals surface area contributed by atoms with Gasteiger partial charge in [0.25, 0.3) is 0 Å². The monoisotopic (exact) mass is 373 g/mol. The molecule has 2 aliphatic rings. The highest BCUT2D eigenvalue weighted by Crippen LogP contribution is 2.36. The predicted molar refractivity (Wildman–Crippen MR) is 95.6 cm³/mol. The van der Waals surface area contributed by atoms with Gasteiger partial charge in [0.2, 0.25) is 6.79 Å². The summed E-state index contributed by atoms with van der Waals surface area (Å²) in [5, 5.41) is 9.75. The second kappa shape index (κ2) is 7.07. The number of nitrogens with one attached hydrogen (secondary N) is 2. The Labute approximate surface area is 157 Å². The van der Waals surface area contributed by atoms with Crippen molar-refractivity contribution in [3.05, 3.63) is 35.9 Å². The second-order valence-electron chi connectivity index (χ2n) is 7.27. The molecule has 2 N–H and O–H groups in total. The molecule has 1 aromatic heterocycles. The maximum Gasteiger partial charge on any atom is 0.318 e. The molecule has 2 aromatic rings.